The van der Waals surface area contributed by atoms with E-state index in [0.29, 0.717) is 28.1 Å². The van der Waals surface area contributed by atoms with E-state index in [-0.39, 0.29) is 24.5 Å². The van der Waals surface area contributed by atoms with Gasteiger partial charge in [0.15, 0.2) is 5.78 Å². The number of carbonyl (C=O) groups is 4. The molecular formula is C32H30FN5O6. The number of nitrogens with one attached hydrogen (secondary N) is 2. The average molecular weight is 600 g/mol. The Kier molecular flexibility index (Phi) is 8.43. The molecule has 0 unspecified atom stereocenters. The Hall–Kier alpha value is -5.52. The van der Waals surface area contributed by atoms with Gasteiger partial charge in [0, 0.05) is 29.2 Å². The highest BCUT2D eigenvalue weighted by atomic mass is 19.1. The third kappa shape index (κ3) is 7.09. The SMILES string of the molecule is CC(C)(C)OC(=O)Nc1cc(N2CCOC2=O)c(-c2ccc(F)cc2)cc1NC(=O)CC(=O)c1cccc(-n2ccnc2)c1. The van der Waals surface area contributed by atoms with Gasteiger partial charge in [-0.1, -0.05) is 24.3 Å². The molecule has 2 N–H and O–H groups in total. The zero-order valence-electron chi connectivity index (χ0n) is 24.3. The summed E-state index contributed by atoms with van der Waals surface area (Å²) in [5, 5.41) is 5.36. The van der Waals surface area contributed by atoms with E-state index in [2.05, 4.69) is 15.6 Å². The van der Waals surface area contributed by atoms with Crippen LogP contribution in [-0.4, -0.2) is 52.2 Å². The van der Waals surface area contributed by atoms with Crippen LogP contribution in [0.3, 0.4) is 0 Å². The summed E-state index contributed by atoms with van der Waals surface area (Å²) in [6.45, 7) is 5.49. The molecule has 1 aliphatic heterocycles. The summed E-state index contributed by atoms with van der Waals surface area (Å²) in [6.07, 6.45) is 3.05. The van der Waals surface area contributed by atoms with Crippen molar-refractivity contribution in [2.75, 3.05) is 28.7 Å². The van der Waals surface area contributed by atoms with Gasteiger partial charge in [-0.2, -0.15) is 0 Å². The molecule has 226 valence electrons. The molecule has 1 saturated heterocycles. The van der Waals surface area contributed by atoms with Gasteiger partial charge in [-0.3, -0.25) is 19.8 Å². The number of nitrogens with zero attached hydrogens (tertiary/aromatic N) is 3. The van der Waals surface area contributed by atoms with E-state index in [4.69, 9.17) is 9.47 Å². The molecule has 3 amide bonds. The van der Waals surface area contributed by atoms with E-state index >= 15 is 0 Å². The zero-order valence-corrected chi connectivity index (χ0v) is 24.3. The Morgan fingerprint density at radius 3 is 2.43 bits per heavy atom. The molecule has 1 fully saturated rings. The van der Waals surface area contributed by atoms with Crippen LogP contribution in [0.25, 0.3) is 16.8 Å². The lowest BCUT2D eigenvalue weighted by Crippen LogP contribution is -2.28. The van der Waals surface area contributed by atoms with E-state index in [1.54, 1.807) is 68.3 Å². The normalized spacial score (nSPS) is 12.9. The van der Waals surface area contributed by atoms with Gasteiger partial charge in [-0.25, -0.2) is 19.0 Å². The number of cyclic esters (lactones) is 1. The van der Waals surface area contributed by atoms with Crippen molar-refractivity contribution in [2.45, 2.75) is 32.8 Å². The summed E-state index contributed by atoms with van der Waals surface area (Å²) < 4.78 is 26.1. The van der Waals surface area contributed by atoms with Crippen molar-refractivity contribution in [1.82, 2.24) is 9.55 Å². The van der Waals surface area contributed by atoms with Crippen LogP contribution < -0.4 is 15.5 Å². The molecule has 0 saturated carbocycles. The van der Waals surface area contributed by atoms with E-state index in [1.165, 1.54) is 35.2 Å². The van der Waals surface area contributed by atoms with Crippen molar-refractivity contribution >= 4 is 40.9 Å². The molecule has 5 rings (SSSR count). The maximum absolute atomic E-state index is 13.8. The van der Waals surface area contributed by atoms with Gasteiger partial charge < -0.3 is 19.4 Å². The van der Waals surface area contributed by atoms with Gasteiger partial charge in [0.25, 0.3) is 0 Å². The molecular weight excluding hydrogens is 569 g/mol. The lowest BCUT2D eigenvalue weighted by molar-refractivity contribution is -0.115. The fourth-order valence-corrected chi connectivity index (χ4v) is 4.60. The maximum Gasteiger partial charge on any atom is 0.414 e. The zero-order chi connectivity index (χ0) is 31.4. The fourth-order valence-electron chi connectivity index (χ4n) is 4.60. The number of hydrogen-bond donors (Lipinski definition) is 2. The Morgan fingerprint density at radius 2 is 1.77 bits per heavy atom. The van der Waals surface area contributed by atoms with Crippen LogP contribution in [-0.2, 0) is 14.3 Å². The molecule has 2 heterocycles. The Balaban J connectivity index is 1.49. The molecule has 1 aliphatic rings. The summed E-state index contributed by atoms with van der Waals surface area (Å²) >= 11 is 0. The molecule has 12 heteroatoms. The lowest BCUT2D eigenvalue weighted by Gasteiger charge is -2.24. The minimum atomic E-state index is -0.819. The Labute approximate surface area is 252 Å². The number of imidazole rings is 1. The van der Waals surface area contributed by atoms with Crippen LogP contribution in [0.2, 0.25) is 0 Å². The molecule has 11 nitrogen and oxygen atoms in total. The van der Waals surface area contributed by atoms with Gasteiger partial charge in [-0.05, 0) is 62.7 Å². The molecule has 4 aromatic rings. The highest BCUT2D eigenvalue weighted by molar-refractivity contribution is 6.13. The first-order valence-corrected chi connectivity index (χ1v) is 13.8. The summed E-state index contributed by atoms with van der Waals surface area (Å²) in [6, 6.07) is 15.4. The number of amides is 3. The van der Waals surface area contributed by atoms with Crippen molar-refractivity contribution in [3.63, 3.8) is 0 Å². The first-order valence-electron chi connectivity index (χ1n) is 13.8. The van der Waals surface area contributed by atoms with Gasteiger partial charge in [-0.15, -0.1) is 0 Å². The fraction of sp³-hybridized carbons (Fsp3) is 0.219. The summed E-state index contributed by atoms with van der Waals surface area (Å²) in [4.78, 5) is 57.1. The summed E-state index contributed by atoms with van der Waals surface area (Å²) in [5.74, 6) is -1.53. The molecule has 1 aromatic heterocycles. The van der Waals surface area contributed by atoms with E-state index in [9.17, 15) is 23.6 Å². The number of halogens is 1. The lowest BCUT2D eigenvalue weighted by atomic mass is 10.0. The standard InChI is InChI=1S/C32H30FN5O6/c1-32(2,3)44-30(41)36-26-17-27(38-13-14-43-31(38)42)24(20-7-9-22(33)10-8-20)16-25(26)35-29(40)18-28(39)21-5-4-6-23(15-21)37-12-11-34-19-37/h4-12,15-17,19H,13-14,18H2,1-3H3,(H,35,40)(H,36,41). The smallest absolute Gasteiger partial charge is 0.414 e. The van der Waals surface area contributed by atoms with Crippen LogP contribution in [0.4, 0.5) is 31.0 Å². The number of hydrogen-bond acceptors (Lipinski definition) is 7. The quantitative estimate of drug-likeness (QED) is 0.182. The second-order valence-corrected chi connectivity index (χ2v) is 11.0. The molecule has 0 radical (unpaired) electrons. The number of ether oxygens (including phenoxy) is 2. The largest absolute Gasteiger partial charge is 0.447 e. The van der Waals surface area contributed by atoms with Gasteiger partial charge in [0.2, 0.25) is 5.91 Å². The van der Waals surface area contributed by atoms with Crippen LogP contribution >= 0.6 is 0 Å². The number of rotatable bonds is 8. The predicted molar refractivity (Wildman–Crippen MR) is 162 cm³/mol. The van der Waals surface area contributed by atoms with E-state index < -0.39 is 41.7 Å². The highest BCUT2D eigenvalue weighted by Crippen LogP contribution is 2.40. The molecule has 0 bridgehead atoms. The van der Waals surface area contributed by atoms with Gasteiger partial charge >= 0.3 is 12.2 Å². The number of anilines is 3. The van der Waals surface area contributed by atoms with Gasteiger partial charge in [0.05, 0.1) is 36.4 Å². The van der Waals surface area contributed by atoms with Crippen molar-refractivity contribution in [3.05, 3.63) is 90.8 Å². The second kappa shape index (κ2) is 12.4. The predicted octanol–water partition coefficient (Wildman–Crippen LogP) is 6.19. The van der Waals surface area contributed by atoms with Crippen LogP contribution in [0.1, 0.15) is 37.6 Å². The van der Waals surface area contributed by atoms with Crippen LogP contribution in [0, 0.1) is 5.82 Å². The first-order chi connectivity index (χ1) is 21.0. The number of benzene rings is 3. The third-order valence-corrected chi connectivity index (χ3v) is 6.54. The average Bonchev–Trinajstić information content (AvgIpc) is 3.65. The molecule has 44 heavy (non-hydrogen) atoms. The Bertz CT molecular complexity index is 1710. The third-order valence-electron chi connectivity index (χ3n) is 6.54. The molecule has 0 spiro atoms. The van der Waals surface area contributed by atoms with Gasteiger partial charge in [0.1, 0.15) is 18.0 Å². The minimum absolute atomic E-state index is 0.114. The highest BCUT2D eigenvalue weighted by Gasteiger charge is 2.29. The number of ketones is 1. The Morgan fingerprint density at radius 1 is 1.02 bits per heavy atom. The number of aromatic nitrogens is 2. The second-order valence-electron chi connectivity index (χ2n) is 11.0. The van der Waals surface area contributed by atoms with Crippen molar-refractivity contribution < 1.29 is 33.0 Å². The van der Waals surface area contributed by atoms with Crippen LogP contribution in [0.15, 0.2) is 79.4 Å². The summed E-state index contributed by atoms with van der Waals surface area (Å²) in [7, 11) is 0. The van der Waals surface area contributed by atoms with Crippen molar-refractivity contribution in [3.8, 4) is 16.8 Å². The molecule has 0 aliphatic carbocycles. The maximum atomic E-state index is 13.8. The van der Waals surface area contributed by atoms with Crippen molar-refractivity contribution in [2.24, 2.45) is 0 Å². The summed E-state index contributed by atoms with van der Waals surface area (Å²) in [5.41, 5.74) is 1.81. The molecule has 3 aromatic carbocycles. The van der Waals surface area contributed by atoms with Crippen LogP contribution in [0.5, 0.6) is 0 Å². The monoisotopic (exact) mass is 599 g/mol. The van der Waals surface area contributed by atoms with E-state index in [1.807, 2.05) is 6.07 Å². The number of Topliss-reactive ketones (excluding diaryl/α,β-unsaturated/α-hetero) is 1. The first kappa shape index (κ1) is 30.0. The van der Waals surface area contributed by atoms with E-state index in [0.717, 1.165) is 0 Å². The minimum Gasteiger partial charge on any atom is -0.447 e. The van der Waals surface area contributed by atoms with Crippen molar-refractivity contribution in [1.29, 1.82) is 0 Å². The molecule has 0 atom stereocenters. The number of carbonyl (C=O) groups excluding carboxylic acids is 4. The topological polar surface area (TPSA) is 132 Å².